The van der Waals surface area contributed by atoms with Gasteiger partial charge in [0.05, 0.1) is 0 Å². The first kappa shape index (κ1) is 20.5. The number of anilines is 2. The van der Waals surface area contributed by atoms with Gasteiger partial charge < -0.3 is 0 Å². The van der Waals surface area contributed by atoms with E-state index in [0.717, 1.165) is 5.69 Å². The summed E-state index contributed by atoms with van der Waals surface area (Å²) in [6, 6.07) is 6.31. The van der Waals surface area contributed by atoms with Gasteiger partial charge in [-0.25, -0.2) is 0 Å². The SMILES string of the molecule is COc1c(F)cccc1Nc1c2[nH]c3c1C(=O)N[C@H](C3)[I-]C(=O)[I-]Oc1cnccc1-2. The Bertz CT molecular complexity index is 1220. The van der Waals surface area contributed by atoms with Crippen molar-refractivity contribution in [1.29, 1.82) is 0 Å². The van der Waals surface area contributed by atoms with Crippen LogP contribution in [0.5, 0.6) is 11.5 Å². The van der Waals surface area contributed by atoms with Gasteiger partial charge in [0, 0.05) is 0 Å². The third-order valence-corrected chi connectivity index (χ3v) is 10.6. The van der Waals surface area contributed by atoms with Crippen molar-refractivity contribution in [3.63, 3.8) is 0 Å². The summed E-state index contributed by atoms with van der Waals surface area (Å²) in [5, 5.41) is 6.16. The second-order valence-electron chi connectivity index (χ2n) is 6.68. The summed E-state index contributed by atoms with van der Waals surface area (Å²) < 4.78 is 25.3. The zero-order valence-corrected chi connectivity index (χ0v) is 20.3. The molecule has 2 aromatic heterocycles. The zero-order valence-electron chi connectivity index (χ0n) is 16.0. The number of amides is 1. The number of alkyl halides is 1. The molecule has 1 aromatic carbocycles. The molecule has 3 aromatic rings. The van der Waals surface area contributed by atoms with Gasteiger partial charge in [0.25, 0.3) is 0 Å². The number of hydrogen-bond donors (Lipinski definition) is 3. The van der Waals surface area contributed by atoms with Gasteiger partial charge in [-0.3, -0.25) is 0 Å². The third-order valence-electron chi connectivity index (χ3n) is 4.86. The summed E-state index contributed by atoms with van der Waals surface area (Å²) >= 11 is -2.10. The van der Waals surface area contributed by atoms with Crippen molar-refractivity contribution >= 4 is 19.1 Å². The molecule has 2 aliphatic rings. The van der Waals surface area contributed by atoms with E-state index >= 15 is 0 Å². The van der Waals surface area contributed by atoms with Gasteiger partial charge in [0.2, 0.25) is 0 Å². The maximum atomic E-state index is 14.3. The summed E-state index contributed by atoms with van der Waals surface area (Å²) in [6.45, 7) is 0. The Morgan fingerprint density at radius 1 is 1.32 bits per heavy atom. The number of ether oxygens (including phenoxy) is 1. The monoisotopic (exact) mass is 648 g/mol. The van der Waals surface area contributed by atoms with Crippen LogP contribution in [0.3, 0.4) is 0 Å². The second-order valence-corrected chi connectivity index (χ2v) is 13.7. The van der Waals surface area contributed by atoms with Crippen molar-refractivity contribution in [3.05, 3.63) is 53.7 Å². The Morgan fingerprint density at radius 3 is 3.03 bits per heavy atom. The topological polar surface area (TPSA) is 105 Å². The third kappa shape index (κ3) is 3.73. The minimum atomic E-state index is -1.18. The molecule has 1 amide bonds. The van der Waals surface area contributed by atoms with Crippen LogP contribution in [0.25, 0.3) is 11.3 Å². The van der Waals surface area contributed by atoms with Gasteiger partial charge in [-0.2, -0.15) is 0 Å². The van der Waals surface area contributed by atoms with E-state index in [-0.39, 0.29) is 17.5 Å². The van der Waals surface area contributed by atoms with Gasteiger partial charge in [-0.15, -0.1) is 0 Å². The number of pyridine rings is 1. The van der Waals surface area contributed by atoms with Crippen LogP contribution in [-0.4, -0.2) is 28.8 Å². The molecular formula is C20H15FI2N4O4-2. The molecule has 31 heavy (non-hydrogen) atoms. The minimum absolute atomic E-state index is 0.0483. The van der Waals surface area contributed by atoms with E-state index in [4.69, 9.17) is 7.80 Å². The van der Waals surface area contributed by atoms with E-state index in [1.54, 1.807) is 30.6 Å². The normalized spacial score (nSPS) is 17.8. The predicted octanol–water partition coefficient (Wildman–Crippen LogP) is -2.81. The fraction of sp³-hybridized carbons (Fsp3) is 0.150. The van der Waals surface area contributed by atoms with Gasteiger partial charge in [-0.05, 0) is 0 Å². The van der Waals surface area contributed by atoms with Crippen molar-refractivity contribution in [2.24, 2.45) is 0 Å². The average molecular weight is 648 g/mol. The average Bonchev–Trinajstić information content (AvgIpc) is 3.10. The Morgan fingerprint density at radius 2 is 2.19 bits per heavy atom. The van der Waals surface area contributed by atoms with E-state index in [1.165, 1.54) is 13.2 Å². The fourth-order valence-corrected chi connectivity index (χ4v) is 9.24. The first-order valence-corrected chi connectivity index (χ1v) is 13.4. The molecule has 0 saturated heterocycles. The van der Waals surface area contributed by atoms with Crippen LogP contribution >= 0.6 is 0 Å². The number of benzene rings is 1. The van der Waals surface area contributed by atoms with Gasteiger partial charge in [0.15, 0.2) is 0 Å². The zero-order chi connectivity index (χ0) is 21.5. The number of rotatable bonds is 3. The van der Waals surface area contributed by atoms with Crippen LogP contribution < -0.4 is 61.3 Å². The van der Waals surface area contributed by atoms with Crippen LogP contribution in [0.4, 0.5) is 20.6 Å². The van der Waals surface area contributed by atoms with E-state index < -0.39 is 48.6 Å². The molecule has 11 heteroatoms. The summed E-state index contributed by atoms with van der Waals surface area (Å²) in [7, 11) is 1.39. The van der Waals surface area contributed by atoms with Crippen molar-refractivity contribution in [2.45, 2.75) is 10.5 Å². The van der Waals surface area contributed by atoms with Gasteiger partial charge >= 0.3 is 198 Å². The molecule has 0 fully saturated rings. The number of nitrogens with one attached hydrogen (secondary N) is 3. The van der Waals surface area contributed by atoms with E-state index in [9.17, 15) is 14.0 Å². The molecule has 0 unspecified atom stereocenters. The Labute approximate surface area is 197 Å². The van der Waals surface area contributed by atoms with Crippen LogP contribution in [0.1, 0.15) is 16.1 Å². The molecule has 2 aliphatic heterocycles. The molecule has 5 rings (SSSR count). The van der Waals surface area contributed by atoms with Crippen LogP contribution in [0.2, 0.25) is 0 Å². The number of H-pyrrole nitrogens is 1. The van der Waals surface area contributed by atoms with E-state index in [2.05, 4.69) is 20.6 Å². The number of methoxy groups -OCH3 is 1. The van der Waals surface area contributed by atoms with Gasteiger partial charge in [-0.1, -0.05) is 0 Å². The molecule has 4 heterocycles. The van der Waals surface area contributed by atoms with Crippen molar-refractivity contribution in [1.82, 2.24) is 15.3 Å². The molecule has 0 spiro atoms. The molecule has 1 atom stereocenters. The van der Waals surface area contributed by atoms with Crippen molar-refractivity contribution in [3.8, 4) is 22.8 Å². The number of para-hydroxylation sites is 1. The van der Waals surface area contributed by atoms with Gasteiger partial charge in [0.1, 0.15) is 0 Å². The first-order valence-electron chi connectivity index (χ1n) is 9.14. The molecule has 3 N–H and O–H groups in total. The maximum absolute atomic E-state index is 14.3. The van der Waals surface area contributed by atoms with Crippen LogP contribution in [0, 0.1) is 5.82 Å². The quantitative estimate of drug-likeness (QED) is 0.123. The molecule has 0 aliphatic carbocycles. The van der Waals surface area contributed by atoms with Crippen LogP contribution in [-0.2, 0) is 6.42 Å². The number of nitrogens with zero attached hydrogens (tertiary/aromatic N) is 1. The number of halogens is 3. The molecule has 3 bridgehead atoms. The standard InChI is InChI=1S/C20H15FI2N4O4/c1-30-18-10(21)3-2-4-11(18)25-17-15-12-7-14(27-19(15)28)22-20(29)23-31-13-8-24-6-5-9(13)16(17)26-12/h2-6,8,14,25-26H,7H2,1H3,(H,27,28)/q-2/t14-/m1/s1. The number of aromatic nitrogens is 2. The number of hydrogen-bond acceptors (Lipinski definition) is 6. The van der Waals surface area contributed by atoms with Crippen LogP contribution in [0.15, 0.2) is 36.7 Å². The predicted molar refractivity (Wildman–Crippen MR) is 101 cm³/mol. The molecular weight excluding hydrogens is 633 g/mol. The first-order chi connectivity index (χ1) is 15.0. The molecule has 0 radical (unpaired) electrons. The Hall–Kier alpha value is -2.42. The van der Waals surface area contributed by atoms with Crippen molar-refractivity contribution < 1.29 is 64.6 Å². The van der Waals surface area contributed by atoms with E-state index in [1.807, 2.05) is 0 Å². The molecule has 162 valence electrons. The Kier molecular flexibility index (Phi) is 5.45. The van der Waals surface area contributed by atoms with Crippen molar-refractivity contribution in [2.75, 3.05) is 12.4 Å². The second kappa shape index (κ2) is 8.26. The molecule has 0 saturated carbocycles. The summed E-state index contributed by atoms with van der Waals surface area (Å²) in [5.74, 6) is -0.263. The summed E-state index contributed by atoms with van der Waals surface area (Å²) in [5.41, 5.74) is 3.33. The number of fused-ring (bicyclic) bond motifs is 4. The Balaban J connectivity index is 1.72. The molecule has 8 nitrogen and oxygen atoms in total. The fourth-order valence-electron chi connectivity index (χ4n) is 3.58. The van der Waals surface area contributed by atoms with E-state index in [0.29, 0.717) is 40.4 Å². The number of carbonyl (C=O) groups excluding carboxylic acids is 2. The number of aromatic amines is 1. The summed E-state index contributed by atoms with van der Waals surface area (Å²) in [4.78, 5) is 33.0. The summed E-state index contributed by atoms with van der Waals surface area (Å²) in [6.07, 6.45) is 3.71. The number of carbonyl (C=O) groups is 2.